The molecule has 1 N–H and O–H groups in total. The number of Topliss-reactive ketones (excluding diaryl/α,β-unsaturated/α-hetero) is 1. The maximum absolute atomic E-state index is 13.4. The van der Waals surface area contributed by atoms with Crippen molar-refractivity contribution < 1.29 is 24.2 Å². The molecule has 1 atom stereocenters. The number of nitrogens with zero attached hydrogens (tertiary/aromatic N) is 2. The van der Waals surface area contributed by atoms with Gasteiger partial charge in [0.1, 0.15) is 17.3 Å². The molecule has 1 aliphatic rings. The Morgan fingerprint density at radius 3 is 2.41 bits per heavy atom. The first-order chi connectivity index (χ1) is 18.9. The molecule has 0 spiro atoms. The zero-order valence-corrected chi connectivity index (χ0v) is 22.8. The number of amides is 1. The summed E-state index contributed by atoms with van der Waals surface area (Å²) in [6.45, 7) is 7.61. The van der Waals surface area contributed by atoms with Crippen molar-refractivity contribution in [2.75, 3.05) is 13.2 Å². The molecule has 1 fully saturated rings. The molecule has 7 heteroatoms. The van der Waals surface area contributed by atoms with Crippen LogP contribution in [0.3, 0.4) is 0 Å². The largest absolute Gasteiger partial charge is 0.507 e. The Hall–Kier alpha value is -4.13. The van der Waals surface area contributed by atoms with Gasteiger partial charge in [-0.15, -0.1) is 0 Å². The number of ether oxygens (including phenoxy) is 2. The summed E-state index contributed by atoms with van der Waals surface area (Å²) in [7, 11) is 0. The number of hydrogen-bond donors (Lipinski definition) is 1. The lowest BCUT2D eigenvalue weighted by atomic mass is 9.95. The molecule has 0 bridgehead atoms. The van der Waals surface area contributed by atoms with Crippen LogP contribution in [-0.2, 0) is 16.1 Å². The number of carbonyl (C=O) groups excluding carboxylic acids is 2. The fraction of sp³-hybridized carbons (Fsp3) is 0.344. The molecular formula is C32H36N2O5. The van der Waals surface area contributed by atoms with Crippen molar-refractivity contribution in [1.29, 1.82) is 0 Å². The normalized spacial score (nSPS) is 16.6. The third kappa shape index (κ3) is 6.85. The van der Waals surface area contributed by atoms with Crippen molar-refractivity contribution in [3.8, 4) is 11.5 Å². The van der Waals surface area contributed by atoms with Gasteiger partial charge in [-0.3, -0.25) is 14.6 Å². The Labute approximate surface area is 230 Å². The van der Waals surface area contributed by atoms with Crippen molar-refractivity contribution in [2.24, 2.45) is 5.92 Å². The Kier molecular flexibility index (Phi) is 9.36. The fourth-order valence-electron chi connectivity index (χ4n) is 4.52. The topological polar surface area (TPSA) is 89.0 Å². The van der Waals surface area contributed by atoms with E-state index in [1.54, 1.807) is 48.8 Å². The molecule has 3 aromatic rings. The number of benzene rings is 2. The van der Waals surface area contributed by atoms with Gasteiger partial charge in [-0.05, 0) is 72.0 Å². The number of unbranched alkanes of at least 4 members (excludes halogenated alkanes) is 2. The number of aromatic nitrogens is 1. The summed E-state index contributed by atoms with van der Waals surface area (Å²) in [5.41, 5.74) is 2.00. The molecule has 4 rings (SSSR count). The number of aliphatic hydroxyl groups is 1. The number of ketones is 1. The van der Waals surface area contributed by atoms with E-state index in [1.165, 1.54) is 4.90 Å². The molecule has 1 aromatic heterocycles. The molecule has 1 saturated heterocycles. The third-order valence-electron chi connectivity index (χ3n) is 6.54. The van der Waals surface area contributed by atoms with Crippen LogP contribution >= 0.6 is 0 Å². The van der Waals surface area contributed by atoms with E-state index in [4.69, 9.17) is 9.47 Å². The summed E-state index contributed by atoms with van der Waals surface area (Å²) < 4.78 is 11.7. The molecule has 2 heterocycles. The van der Waals surface area contributed by atoms with Gasteiger partial charge < -0.3 is 19.5 Å². The van der Waals surface area contributed by atoms with Crippen molar-refractivity contribution in [2.45, 2.75) is 52.6 Å². The smallest absolute Gasteiger partial charge is 0.295 e. The van der Waals surface area contributed by atoms with Crippen LogP contribution in [0.25, 0.3) is 5.76 Å². The van der Waals surface area contributed by atoms with Crippen LogP contribution < -0.4 is 9.47 Å². The highest BCUT2D eigenvalue weighted by Gasteiger charge is 2.46. The molecule has 1 unspecified atom stereocenters. The number of pyridine rings is 1. The zero-order valence-electron chi connectivity index (χ0n) is 22.8. The number of aliphatic hydroxyl groups excluding tert-OH is 1. The van der Waals surface area contributed by atoms with Gasteiger partial charge in [0.2, 0.25) is 0 Å². The lowest BCUT2D eigenvalue weighted by Crippen LogP contribution is -2.29. The Morgan fingerprint density at radius 1 is 0.974 bits per heavy atom. The molecule has 7 nitrogen and oxygen atoms in total. The highest BCUT2D eigenvalue weighted by molar-refractivity contribution is 6.46. The van der Waals surface area contributed by atoms with E-state index in [-0.39, 0.29) is 17.9 Å². The predicted molar refractivity (Wildman–Crippen MR) is 150 cm³/mol. The summed E-state index contributed by atoms with van der Waals surface area (Å²) in [4.78, 5) is 32.3. The van der Waals surface area contributed by atoms with Crippen molar-refractivity contribution in [1.82, 2.24) is 9.88 Å². The number of rotatable bonds is 12. The van der Waals surface area contributed by atoms with Crippen LogP contribution in [-0.4, -0.2) is 39.9 Å². The summed E-state index contributed by atoms with van der Waals surface area (Å²) in [5.74, 6) is 0.0569. The maximum atomic E-state index is 13.4. The van der Waals surface area contributed by atoms with E-state index in [0.717, 1.165) is 24.8 Å². The van der Waals surface area contributed by atoms with Gasteiger partial charge in [0.05, 0.1) is 24.8 Å². The minimum Gasteiger partial charge on any atom is -0.507 e. The quantitative estimate of drug-likeness (QED) is 0.128. The summed E-state index contributed by atoms with van der Waals surface area (Å²) in [6, 6.07) is 17.1. The van der Waals surface area contributed by atoms with E-state index in [2.05, 4.69) is 25.8 Å². The van der Waals surface area contributed by atoms with Crippen molar-refractivity contribution >= 4 is 17.4 Å². The number of carbonyl (C=O) groups is 2. The average Bonchev–Trinajstić information content (AvgIpc) is 3.20. The van der Waals surface area contributed by atoms with Crippen LogP contribution in [0.4, 0.5) is 0 Å². The second-order valence-electron chi connectivity index (χ2n) is 10.1. The molecule has 39 heavy (non-hydrogen) atoms. The van der Waals surface area contributed by atoms with E-state index < -0.39 is 17.7 Å². The van der Waals surface area contributed by atoms with Crippen LogP contribution in [0.15, 0.2) is 78.6 Å². The summed E-state index contributed by atoms with van der Waals surface area (Å²) in [6.07, 6.45) is 6.48. The van der Waals surface area contributed by atoms with Gasteiger partial charge in [-0.1, -0.05) is 45.7 Å². The van der Waals surface area contributed by atoms with Gasteiger partial charge in [0, 0.05) is 24.5 Å². The van der Waals surface area contributed by atoms with Gasteiger partial charge >= 0.3 is 0 Å². The minimum absolute atomic E-state index is 0.0479. The van der Waals surface area contributed by atoms with Gasteiger partial charge in [0.25, 0.3) is 11.7 Å². The lowest BCUT2D eigenvalue weighted by Gasteiger charge is -2.26. The van der Waals surface area contributed by atoms with Crippen LogP contribution in [0, 0.1) is 5.92 Å². The molecular weight excluding hydrogens is 492 g/mol. The van der Waals surface area contributed by atoms with E-state index in [0.29, 0.717) is 41.8 Å². The predicted octanol–water partition coefficient (Wildman–Crippen LogP) is 6.31. The second kappa shape index (κ2) is 13.1. The molecule has 204 valence electrons. The zero-order chi connectivity index (χ0) is 27.8. The Bertz CT molecular complexity index is 1300. The van der Waals surface area contributed by atoms with E-state index in [9.17, 15) is 14.7 Å². The maximum Gasteiger partial charge on any atom is 0.295 e. The van der Waals surface area contributed by atoms with Crippen LogP contribution in [0.5, 0.6) is 11.5 Å². The lowest BCUT2D eigenvalue weighted by molar-refractivity contribution is -0.140. The third-order valence-corrected chi connectivity index (χ3v) is 6.54. The fourth-order valence-corrected chi connectivity index (χ4v) is 4.52. The molecule has 0 radical (unpaired) electrons. The van der Waals surface area contributed by atoms with Gasteiger partial charge in [-0.2, -0.15) is 0 Å². The molecule has 0 aliphatic carbocycles. The molecule has 1 aliphatic heterocycles. The minimum atomic E-state index is -0.786. The van der Waals surface area contributed by atoms with Gasteiger partial charge in [0.15, 0.2) is 0 Å². The summed E-state index contributed by atoms with van der Waals surface area (Å²) in [5, 5.41) is 11.4. The Morgan fingerprint density at radius 2 is 1.72 bits per heavy atom. The first kappa shape index (κ1) is 27.9. The number of hydrogen-bond acceptors (Lipinski definition) is 6. The molecule has 1 amide bonds. The first-order valence-corrected chi connectivity index (χ1v) is 13.5. The van der Waals surface area contributed by atoms with E-state index in [1.807, 2.05) is 24.3 Å². The van der Waals surface area contributed by atoms with Crippen LogP contribution in [0.1, 0.15) is 62.8 Å². The number of likely N-dealkylation sites (tertiary alicyclic amines) is 1. The summed E-state index contributed by atoms with van der Waals surface area (Å²) >= 11 is 0. The van der Waals surface area contributed by atoms with E-state index >= 15 is 0 Å². The average molecular weight is 529 g/mol. The van der Waals surface area contributed by atoms with Crippen molar-refractivity contribution in [3.63, 3.8) is 0 Å². The molecule has 2 aromatic carbocycles. The van der Waals surface area contributed by atoms with Gasteiger partial charge in [-0.25, -0.2) is 0 Å². The first-order valence-electron chi connectivity index (χ1n) is 13.5. The van der Waals surface area contributed by atoms with Crippen LogP contribution in [0.2, 0.25) is 0 Å². The highest BCUT2D eigenvalue weighted by Crippen LogP contribution is 2.41. The molecule has 0 saturated carbocycles. The van der Waals surface area contributed by atoms with Crippen molar-refractivity contribution in [3.05, 3.63) is 95.3 Å². The Balaban J connectivity index is 1.71. The highest BCUT2D eigenvalue weighted by atomic mass is 16.5. The second-order valence-corrected chi connectivity index (χ2v) is 10.1. The monoisotopic (exact) mass is 528 g/mol. The standard InChI is InChI=1S/C32H36N2O5/c1-4-5-6-18-38-26-12-10-24(11-13-26)30(35)28-29(25-8-7-9-27(19-25)39-21-22(2)3)34(32(37)31(28)36)20-23-14-16-33-17-15-23/h7-17,19,22,29,35H,4-6,18,20-21H2,1-3H3/b30-28-. The SMILES string of the molecule is CCCCCOc1ccc(/C(O)=C2/C(=O)C(=O)N(Cc3ccncc3)C2c2cccc(OCC(C)C)c2)cc1.